The third kappa shape index (κ3) is 4.99. The van der Waals surface area contributed by atoms with Crippen LogP contribution in [0.5, 0.6) is 0 Å². The number of carbonyl (C=O) groups is 3. The number of imide groups is 1. The van der Waals surface area contributed by atoms with E-state index in [1.165, 1.54) is 0 Å². The summed E-state index contributed by atoms with van der Waals surface area (Å²) in [6, 6.07) is 13.7. The first kappa shape index (κ1) is 22.5. The molecule has 5 rings (SSSR count). The monoisotopic (exact) mass is 475 g/mol. The second-order valence-corrected chi connectivity index (χ2v) is 8.56. The summed E-state index contributed by atoms with van der Waals surface area (Å²) in [7, 11) is 0. The van der Waals surface area contributed by atoms with E-state index in [2.05, 4.69) is 25.5 Å². The Balaban J connectivity index is 1.15. The van der Waals surface area contributed by atoms with Crippen molar-refractivity contribution in [1.29, 1.82) is 0 Å². The van der Waals surface area contributed by atoms with Crippen molar-refractivity contribution in [3.8, 4) is 0 Å². The molecule has 0 saturated carbocycles. The Morgan fingerprint density at radius 1 is 0.971 bits per heavy atom. The standard InChI is InChI=1S/C24H25N7O4/c32-21-13-25-23(34)31(21)14-16-4-3-5-17(12-16)26-24(35)30-10-8-29(9-11-30)15-20-27-19-7-2-1-6-18(19)22(33)28-20/h1-7,12H,8-11,13-15H2,(H,25,34)(H,26,35)(H,27,28,33). The summed E-state index contributed by atoms with van der Waals surface area (Å²) in [5.74, 6) is 0.332. The number of hydrogen-bond donors (Lipinski definition) is 3. The Labute approximate surface area is 200 Å². The molecule has 0 radical (unpaired) electrons. The third-order valence-electron chi connectivity index (χ3n) is 6.15. The molecule has 2 aliphatic rings. The second-order valence-electron chi connectivity index (χ2n) is 8.56. The number of urea groups is 2. The maximum atomic E-state index is 12.8. The highest BCUT2D eigenvalue weighted by Crippen LogP contribution is 2.16. The molecule has 11 heteroatoms. The molecule has 0 unspecified atom stereocenters. The number of nitrogens with one attached hydrogen (secondary N) is 3. The molecule has 3 heterocycles. The summed E-state index contributed by atoms with van der Waals surface area (Å²) in [5.41, 5.74) is 1.86. The lowest BCUT2D eigenvalue weighted by molar-refractivity contribution is -0.125. The topological polar surface area (TPSA) is 131 Å². The number of amides is 5. The Morgan fingerprint density at radius 2 is 1.77 bits per heavy atom. The van der Waals surface area contributed by atoms with Crippen LogP contribution in [0.15, 0.2) is 53.3 Å². The average Bonchev–Trinajstić information content (AvgIpc) is 3.17. The van der Waals surface area contributed by atoms with E-state index in [4.69, 9.17) is 0 Å². The van der Waals surface area contributed by atoms with Crippen LogP contribution in [0.25, 0.3) is 10.9 Å². The fraction of sp³-hybridized carbons (Fsp3) is 0.292. The zero-order chi connectivity index (χ0) is 24.4. The van der Waals surface area contributed by atoms with Gasteiger partial charge in [0.1, 0.15) is 5.82 Å². The van der Waals surface area contributed by atoms with Gasteiger partial charge in [0.05, 0.1) is 30.5 Å². The molecule has 3 N–H and O–H groups in total. The van der Waals surface area contributed by atoms with Crippen LogP contribution in [0.1, 0.15) is 11.4 Å². The van der Waals surface area contributed by atoms with Crippen molar-refractivity contribution in [2.24, 2.45) is 0 Å². The summed E-state index contributed by atoms with van der Waals surface area (Å²) in [6.45, 7) is 3.02. The van der Waals surface area contributed by atoms with Crippen LogP contribution in [0.3, 0.4) is 0 Å². The molecule has 11 nitrogen and oxygen atoms in total. The van der Waals surface area contributed by atoms with Gasteiger partial charge >= 0.3 is 12.1 Å². The van der Waals surface area contributed by atoms with E-state index in [9.17, 15) is 19.2 Å². The largest absolute Gasteiger partial charge is 0.329 e. The Hall–Kier alpha value is -4.25. The lowest BCUT2D eigenvalue weighted by atomic mass is 10.2. The number of fused-ring (bicyclic) bond motifs is 1. The maximum Gasteiger partial charge on any atom is 0.324 e. The summed E-state index contributed by atoms with van der Waals surface area (Å²) in [4.78, 5) is 61.1. The Kier molecular flexibility index (Phi) is 6.15. The third-order valence-corrected chi connectivity index (χ3v) is 6.15. The van der Waals surface area contributed by atoms with Gasteiger partial charge in [-0.15, -0.1) is 0 Å². The number of hydrogen-bond acceptors (Lipinski definition) is 6. The normalized spacial score (nSPS) is 16.6. The van der Waals surface area contributed by atoms with Gasteiger partial charge in [0.15, 0.2) is 0 Å². The summed E-state index contributed by atoms with van der Waals surface area (Å²) >= 11 is 0. The first-order valence-electron chi connectivity index (χ1n) is 11.4. The molecule has 2 aromatic carbocycles. The highest BCUT2D eigenvalue weighted by atomic mass is 16.2. The molecule has 1 aromatic heterocycles. The number of piperazine rings is 1. The smallest absolute Gasteiger partial charge is 0.324 e. The van der Waals surface area contributed by atoms with Gasteiger partial charge in [-0.2, -0.15) is 0 Å². The van der Waals surface area contributed by atoms with Gasteiger partial charge in [-0.3, -0.25) is 19.4 Å². The first-order valence-corrected chi connectivity index (χ1v) is 11.4. The maximum absolute atomic E-state index is 12.8. The molecule has 2 fully saturated rings. The highest BCUT2D eigenvalue weighted by molar-refractivity contribution is 6.01. The van der Waals surface area contributed by atoms with Crippen molar-refractivity contribution in [3.63, 3.8) is 0 Å². The molecule has 0 atom stereocenters. The lowest BCUT2D eigenvalue weighted by Gasteiger charge is -2.34. The molecule has 0 spiro atoms. The molecule has 0 bridgehead atoms. The number of carbonyl (C=O) groups excluding carboxylic acids is 3. The van der Waals surface area contributed by atoms with Crippen LogP contribution in [0, 0.1) is 0 Å². The molecule has 3 aromatic rings. The van der Waals surface area contributed by atoms with Gasteiger partial charge in [-0.25, -0.2) is 14.6 Å². The molecular formula is C24H25N7O4. The van der Waals surface area contributed by atoms with E-state index in [1.807, 2.05) is 18.2 Å². The SMILES string of the molecule is O=C(Nc1cccc(CN2C(=O)CNC2=O)c1)N1CCN(Cc2nc3ccccc3c(=O)[nH]2)CC1. The van der Waals surface area contributed by atoms with Crippen LogP contribution in [-0.4, -0.2) is 75.4 Å². The average molecular weight is 476 g/mol. The Morgan fingerprint density at radius 3 is 2.54 bits per heavy atom. The van der Waals surface area contributed by atoms with Crippen LogP contribution >= 0.6 is 0 Å². The van der Waals surface area contributed by atoms with Crippen LogP contribution < -0.4 is 16.2 Å². The molecular weight excluding hydrogens is 450 g/mol. The van der Waals surface area contributed by atoms with Gasteiger partial charge in [0, 0.05) is 31.9 Å². The van der Waals surface area contributed by atoms with Gasteiger partial charge in [-0.1, -0.05) is 24.3 Å². The van der Waals surface area contributed by atoms with Crippen molar-refractivity contribution in [2.45, 2.75) is 13.1 Å². The molecule has 2 aliphatic heterocycles. The minimum Gasteiger partial charge on any atom is -0.329 e. The molecule has 180 valence electrons. The minimum absolute atomic E-state index is 0.00818. The summed E-state index contributed by atoms with van der Waals surface area (Å²) in [5, 5.41) is 5.96. The fourth-order valence-electron chi connectivity index (χ4n) is 4.28. The molecule has 35 heavy (non-hydrogen) atoms. The van der Waals surface area contributed by atoms with Crippen molar-refractivity contribution in [2.75, 3.05) is 38.0 Å². The van der Waals surface area contributed by atoms with Gasteiger partial charge in [0.2, 0.25) is 5.91 Å². The summed E-state index contributed by atoms with van der Waals surface area (Å²) in [6.07, 6.45) is 0. The fourth-order valence-corrected chi connectivity index (χ4v) is 4.28. The van der Waals surface area contributed by atoms with Crippen molar-refractivity contribution >= 4 is 34.6 Å². The number of nitrogens with zero attached hydrogens (tertiary/aromatic N) is 4. The zero-order valence-electron chi connectivity index (χ0n) is 19.0. The van der Waals surface area contributed by atoms with E-state index in [1.54, 1.807) is 35.2 Å². The molecule has 5 amide bonds. The zero-order valence-corrected chi connectivity index (χ0v) is 19.0. The molecule has 2 saturated heterocycles. The lowest BCUT2D eigenvalue weighted by Crippen LogP contribution is -2.49. The van der Waals surface area contributed by atoms with Crippen molar-refractivity contribution in [3.05, 3.63) is 70.3 Å². The number of para-hydroxylation sites is 1. The van der Waals surface area contributed by atoms with E-state index in [0.717, 1.165) is 10.5 Å². The van der Waals surface area contributed by atoms with E-state index in [-0.39, 0.29) is 30.6 Å². The second kappa shape index (κ2) is 9.55. The number of anilines is 1. The number of benzene rings is 2. The van der Waals surface area contributed by atoms with E-state index in [0.29, 0.717) is 55.1 Å². The van der Waals surface area contributed by atoms with Crippen LogP contribution in [0.4, 0.5) is 15.3 Å². The van der Waals surface area contributed by atoms with Crippen LogP contribution in [-0.2, 0) is 17.9 Å². The minimum atomic E-state index is -0.412. The Bertz CT molecular complexity index is 1330. The quantitative estimate of drug-likeness (QED) is 0.477. The highest BCUT2D eigenvalue weighted by Gasteiger charge is 2.28. The van der Waals surface area contributed by atoms with Crippen LogP contribution in [0.2, 0.25) is 0 Å². The van der Waals surface area contributed by atoms with E-state index < -0.39 is 6.03 Å². The summed E-state index contributed by atoms with van der Waals surface area (Å²) < 4.78 is 0. The first-order chi connectivity index (χ1) is 17.0. The van der Waals surface area contributed by atoms with Gasteiger partial charge in [0.25, 0.3) is 5.56 Å². The van der Waals surface area contributed by atoms with Gasteiger partial charge < -0.3 is 20.5 Å². The molecule has 0 aliphatic carbocycles. The predicted molar refractivity (Wildman–Crippen MR) is 129 cm³/mol. The van der Waals surface area contributed by atoms with Crippen molar-refractivity contribution < 1.29 is 14.4 Å². The number of aromatic amines is 1. The number of rotatable bonds is 5. The number of H-pyrrole nitrogens is 1. The predicted octanol–water partition coefficient (Wildman–Crippen LogP) is 1.32. The number of aromatic nitrogens is 2. The van der Waals surface area contributed by atoms with E-state index >= 15 is 0 Å². The van der Waals surface area contributed by atoms with Gasteiger partial charge in [-0.05, 0) is 29.8 Å². The van der Waals surface area contributed by atoms with Crippen molar-refractivity contribution in [1.82, 2.24) is 30.0 Å².